The molecule has 7 heteroatoms. The van der Waals surface area contributed by atoms with E-state index in [1.165, 1.54) is 0 Å². The lowest BCUT2D eigenvalue weighted by atomic mass is 10.3. The molecule has 0 saturated heterocycles. The number of hydrogen-bond acceptors (Lipinski definition) is 4. The Morgan fingerprint density at radius 3 is 2.33 bits per heavy atom. The van der Waals surface area contributed by atoms with Crippen LogP contribution in [0.15, 0.2) is 24.3 Å². The molecule has 0 heterocycles. The van der Waals surface area contributed by atoms with Gasteiger partial charge in [-0.1, -0.05) is 23.7 Å². The van der Waals surface area contributed by atoms with Gasteiger partial charge in [-0.3, -0.25) is 9.59 Å². The fourth-order valence-electron chi connectivity index (χ4n) is 1.54. The number of nitrogens with one attached hydrogen (secondary N) is 2. The van der Waals surface area contributed by atoms with Crippen LogP contribution in [-0.4, -0.2) is 37.9 Å². The van der Waals surface area contributed by atoms with Gasteiger partial charge in [-0.2, -0.15) is 0 Å². The van der Waals surface area contributed by atoms with Crippen LogP contribution in [0.3, 0.4) is 0 Å². The van der Waals surface area contributed by atoms with Crippen LogP contribution in [0.4, 0.5) is 5.69 Å². The maximum atomic E-state index is 11.7. The van der Waals surface area contributed by atoms with Gasteiger partial charge < -0.3 is 20.1 Å². The SMILES string of the molecule is CCOC(CNC(=O)C(=O)Nc1ccccc1Cl)OCC. The van der Waals surface area contributed by atoms with E-state index in [0.717, 1.165) is 0 Å². The lowest BCUT2D eigenvalue weighted by Gasteiger charge is -2.17. The van der Waals surface area contributed by atoms with Crippen molar-refractivity contribution in [1.82, 2.24) is 5.32 Å². The molecular weight excluding hydrogens is 296 g/mol. The summed E-state index contributed by atoms with van der Waals surface area (Å²) in [5.41, 5.74) is 0.380. The minimum Gasteiger partial charge on any atom is -0.351 e. The monoisotopic (exact) mass is 314 g/mol. The molecule has 2 amide bonds. The Kier molecular flexibility index (Phi) is 7.74. The number of rotatable bonds is 7. The molecule has 1 aromatic carbocycles. The zero-order chi connectivity index (χ0) is 15.7. The molecule has 0 aliphatic carbocycles. The number of hydrogen-bond donors (Lipinski definition) is 2. The molecule has 1 aromatic rings. The maximum Gasteiger partial charge on any atom is 0.313 e. The predicted octanol–water partition coefficient (Wildman–Crippen LogP) is 1.79. The Balaban J connectivity index is 2.47. The highest BCUT2D eigenvalue weighted by Crippen LogP contribution is 2.20. The Hall–Kier alpha value is -1.63. The number of carbonyl (C=O) groups excluding carboxylic acids is 2. The van der Waals surface area contributed by atoms with E-state index in [2.05, 4.69) is 10.6 Å². The molecule has 0 aromatic heterocycles. The van der Waals surface area contributed by atoms with Crippen molar-refractivity contribution in [2.75, 3.05) is 25.1 Å². The minimum absolute atomic E-state index is 0.0937. The highest BCUT2D eigenvalue weighted by Gasteiger charge is 2.17. The molecular formula is C14H19ClN2O4. The van der Waals surface area contributed by atoms with Crippen LogP contribution in [0.1, 0.15) is 13.8 Å². The van der Waals surface area contributed by atoms with E-state index < -0.39 is 18.1 Å². The molecule has 0 fully saturated rings. The Bertz CT molecular complexity index is 476. The van der Waals surface area contributed by atoms with Gasteiger partial charge in [-0.15, -0.1) is 0 Å². The quantitative estimate of drug-likeness (QED) is 0.594. The molecule has 0 atom stereocenters. The van der Waals surface area contributed by atoms with Gasteiger partial charge in [0, 0.05) is 13.2 Å². The van der Waals surface area contributed by atoms with Crippen LogP contribution in [0.25, 0.3) is 0 Å². The average Bonchev–Trinajstić information content (AvgIpc) is 2.47. The lowest BCUT2D eigenvalue weighted by molar-refractivity contribution is -0.145. The van der Waals surface area contributed by atoms with E-state index in [-0.39, 0.29) is 6.54 Å². The Morgan fingerprint density at radius 1 is 1.14 bits per heavy atom. The van der Waals surface area contributed by atoms with E-state index in [1.54, 1.807) is 24.3 Å². The van der Waals surface area contributed by atoms with Crippen molar-refractivity contribution in [1.29, 1.82) is 0 Å². The zero-order valence-electron chi connectivity index (χ0n) is 12.0. The Labute approximate surface area is 128 Å². The molecule has 116 valence electrons. The number of para-hydroxylation sites is 1. The molecule has 0 radical (unpaired) electrons. The summed E-state index contributed by atoms with van der Waals surface area (Å²) in [5, 5.41) is 5.24. The van der Waals surface area contributed by atoms with E-state index in [0.29, 0.717) is 23.9 Å². The molecule has 0 unspecified atom stereocenters. The first-order valence-corrected chi connectivity index (χ1v) is 7.03. The Morgan fingerprint density at radius 2 is 1.76 bits per heavy atom. The first-order valence-electron chi connectivity index (χ1n) is 6.65. The standard InChI is InChI=1S/C14H19ClN2O4/c1-3-20-12(21-4-2)9-16-13(18)14(19)17-11-8-6-5-7-10(11)15/h5-8,12H,3-4,9H2,1-2H3,(H,16,18)(H,17,19). The van der Waals surface area contributed by atoms with Gasteiger partial charge in [0.25, 0.3) is 0 Å². The second-order valence-corrected chi connectivity index (χ2v) is 4.39. The van der Waals surface area contributed by atoms with Gasteiger partial charge in [0.05, 0.1) is 17.3 Å². The average molecular weight is 315 g/mol. The summed E-state index contributed by atoms with van der Waals surface area (Å²) in [6, 6.07) is 6.67. The van der Waals surface area contributed by atoms with Gasteiger partial charge in [-0.05, 0) is 26.0 Å². The van der Waals surface area contributed by atoms with Gasteiger partial charge in [0.1, 0.15) is 0 Å². The molecule has 6 nitrogen and oxygen atoms in total. The van der Waals surface area contributed by atoms with Gasteiger partial charge in [0.15, 0.2) is 6.29 Å². The maximum absolute atomic E-state index is 11.7. The predicted molar refractivity (Wildman–Crippen MR) is 80.1 cm³/mol. The lowest BCUT2D eigenvalue weighted by Crippen LogP contribution is -2.41. The second kappa shape index (κ2) is 9.33. The summed E-state index contributed by atoms with van der Waals surface area (Å²) in [6.07, 6.45) is -0.572. The molecule has 0 saturated carbocycles. The third kappa shape index (κ3) is 6.12. The third-order valence-electron chi connectivity index (χ3n) is 2.46. The molecule has 21 heavy (non-hydrogen) atoms. The molecule has 0 bridgehead atoms. The highest BCUT2D eigenvalue weighted by atomic mass is 35.5. The van der Waals surface area contributed by atoms with Crippen LogP contribution in [-0.2, 0) is 19.1 Å². The number of amides is 2. The summed E-state index contributed by atoms with van der Waals surface area (Å²) < 4.78 is 10.5. The first kappa shape index (κ1) is 17.4. The van der Waals surface area contributed by atoms with Crippen LogP contribution < -0.4 is 10.6 Å². The number of carbonyl (C=O) groups is 2. The summed E-state index contributed by atoms with van der Waals surface area (Å²) in [7, 11) is 0. The number of halogens is 1. The van der Waals surface area contributed by atoms with Crippen molar-refractivity contribution in [3.05, 3.63) is 29.3 Å². The van der Waals surface area contributed by atoms with Crippen LogP contribution in [0, 0.1) is 0 Å². The fourth-order valence-corrected chi connectivity index (χ4v) is 1.72. The van der Waals surface area contributed by atoms with Crippen LogP contribution in [0.2, 0.25) is 5.02 Å². The molecule has 2 N–H and O–H groups in total. The minimum atomic E-state index is -0.796. The van der Waals surface area contributed by atoms with E-state index in [1.807, 2.05) is 13.8 Å². The molecule has 0 aliphatic heterocycles. The van der Waals surface area contributed by atoms with Crippen LogP contribution in [0.5, 0.6) is 0 Å². The summed E-state index contributed by atoms with van der Waals surface area (Å²) in [6.45, 7) is 4.63. The largest absolute Gasteiger partial charge is 0.351 e. The van der Waals surface area contributed by atoms with Crippen molar-refractivity contribution >= 4 is 29.1 Å². The number of benzene rings is 1. The van der Waals surface area contributed by atoms with Gasteiger partial charge >= 0.3 is 11.8 Å². The van der Waals surface area contributed by atoms with Crippen molar-refractivity contribution in [3.63, 3.8) is 0 Å². The van der Waals surface area contributed by atoms with Gasteiger partial charge in [0.2, 0.25) is 0 Å². The number of anilines is 1. The second-order valence-electron chi connectivity index (χ2n) is 3.98. The third-order valence-corrected chi connectivity index (χ3v) is 2.79. The van der Waals surface area contributed by atoms with Crippen LogP contribution >= 0.6 is 11.6 Å². The van der Waals surface area contributed by atoms with E-state index in [4.69, 9.17) is 21.1 Å². The molecule has 0 aliphatic rings. The smallest absolute Gasteiger partial charge is 0.313 e. The van der Waals surface area contributed by atoms with E-state index in [9.17, 15) is 9.59 Å². The van der Waals surface area contributed by atoms with Crippen molar-refractivity contribution < 1.29 is 19.1 Å². The fraction of sp³-hybridized carbons (Fsp3) is 0.429. The van der Waals surface area contributed by atoms with Crippen molar-refractivity contribution in [3.8, 4) is 0 Å². The summed E-state index contributed by atoms with van der Waals surface area (Å²) >= 11 is 5.90. The number of ether oxygens (including phenoxy) is 2. The summed E-state index contributed by atoms with van der Waals surface area (Å²) in [5.74, 6) is -1.57. The highest BCUT2D eigenvalue weighted by molar-refractivity contribution is 6.41. The van der Waals surface area contributed by atoms with Gasteiger partial charge in [-0.25, -0.2) is 0 Å². The normalized spacial score (nSPS) is 10.5. The van der Waals surface area contributed by atoms with Crippen molar-refractivity contribution in [2.45, 2.75) is 20.1 Å². The first-order chi connectivity index (χ1) is 10.1. The molecule has 0 spiro atoms. The summed E-state index contributed by atoms with van der Waals surface area (Å²) in [4.78, 5) is 23.4. The van der Waals surface area contributed by atoms with E-state index >= 15 is 0 Å². The zero-order valence-corrected chi connectivity index (χ0v) is 12.8. The topological polar surface area (TPSA) is 76.7 Å². The molecule has 1 rings (SSSR count). The van der Waals surface area contributed by atoms with Crippen molar-refractivity contribution in [2.24, 2.45) is 0 Å².